The molecule has 0 saturated carbocycles. The van der Waals surface area contributed by atoms with Crippen molar-refractivity contribution in [2.45, 2.75) is 26.2 Å². The van der Waals surface area contributed by atoms with E-state index in [1.54, 1.807) is 12.3 Å². The Kier molecular flexibility index (Phi) is 6.65. The first-order valence-corrected chi connectivity index (χ1v) is 9.84. The van der Waals surface area contributed by atoms with Gasteiger partial charge >= 0.3 is 0 Å². The lowest BCUT2D eigenvalue weighted by atomic mass is 9.86. The molecular weight excluding hydrogens is 352 g/mol. The Hall–Kier alpha value is -2.44. The average Bonchev–Trinajstić information content (AvgIpc) is 2.69. The molecule has 0 atom stereocenters. The summed E-state index contributed by atoms with van der Waals surface area (Å²) < 4.78 is 5.36. The van der Waals surface area contributed by atoms with Gasteiger partial charge in [-0.2, -0.15) is 0 Å². The molecule has 0 spiro atoms. The van der Waals surface area contributed by atoms with E-state index in [0.717, 1.165) is 56.5 Å². The highest BCUT2D eigenvalue weighted by atomic mass is 16.5. The second kappa shape index (κ2) is 9.17. The number of nitrogens with one attached hydrogen (secondary N) is 2. The van der Waals surface area contributed by atoms with Crippen molar-refractivity contribution in [3.8, 4) is 0 Å². The molecule has 0 bridgehead atoms. The number of carbonyl (C=O) groups excluding carboxylic acids is 1. The molecule has 1 aliphatic heterocycles. The van der Waals surface area contributed by atoms with Crippen LogP contribution in [0.2, 0.25) is 0 Å². The fraction of sp³-hybridized carbons (Fsp3) is 0.455. The van der Waals surface area contributed by atoms with Crippen LogP contribution in [0.5, 0.6) is 0 Å². The van der Waals surface area contributed by atoms with Crippen LogP contribution in [0, 0.1) is 0 Å². The summed E-state index contributed by atoms with van der Waals surface area (Å²) in [4.78, 5) is 19.4. The number of hydrogen-bond acceptors (Lipinski definition) is 5. The highest BCUT2D eigenvalue weighted by Gasteiger charge is 2.19. The van der Waals surface area contributed by atoms with E-state index < -0.39 is 0 Å². The van der Waals surface area contributed by atoms with Gasteiger partial charge in [0.05, 0.1) is 18.8 Å². The SMILES string of the molecule is CC(C)(C)c1ccccc1NC(=O)c1ccc(NCCN2CCOCC2)nc1. The van der Waals surface area contributed by atoms with Crippen LogP contribution in [0.1, 0.15) is 36.7 Å². The first-order valence-electron chi connectivity index (χ1n) is 9.84. The maximum Gasteiger partial charge on any atom is 0.257 e. The number of benzene rings is 1. The standard InChI is InChI=1S/C22H30N4O2/c1-22(2,3)18-6-4-5-7-19(18)25-21(27)17-8-9-20(24-16-17)23-10-11-26-12-14-28-15-13-26/h4-9,16H,10-15H2,1-3H3,(H,23,24)(H,25,27). The van der Waals surface area contributed by atoms with E-state index in [1.807, 2.05) is 24.3 Å². The van der Waals surface area contributed by atoms with Gasteiger partial charge < -0.3 is 15.4 Å². The Labute approximate surface area is 167 Å². The van der Waals surface area contributed by atoms with Crippen molar-refractivity contribution in [1.29, 1.82) is 0 Å². The second-order valence-corrected chi connectivity index (χ2v) is 8.06. The molecule has 1 fully saturated rings. The minimum Gasteiger partial charge on any atom is -0.379 e. The first kappa shape index (κ1) is 20.3. The molecule has 2 N–H and O–H groups in total. The summed E-state index contributed by atoms with van der Waals surface area (Å²) in [6.07, 6.45) is 1.62. The van der Waals surface area contributed by atoms with E-state index >= 15 is 0 Å². The van der Waals surface area contributed by atoms with Crippen LogP contribution in [-0.4, -0.2) is 55.2 Å². The van der Waals surface area contributed by atoms with Crippen LogP contribution in [0.4, 0.5) is 11.5 Å². The Bertz CT molecular complexity index is 778. The number of pyridine rings is 1. The predicted molar refractivity (Wildman–Crippen MR) is 113 cm³/mol. The Morgan fingerprint density at radius 3 is 2.57 bits per heavy atom. The van der Waals surface area contributed by atoms with Gasteiger partial charge in [-0.3, -0.25) is 9.69 Å². The molecule has 6 nitrogen and oxygen atoms in total. The maximum absolute atomic E-state index is 12.6. The van der Waals surface area contributed by atoms with Crippen molar-refractivity contribution in [2.24, 2.45) is 0 Å². The molecular formula is C22H30N4O2. The highest BCUT2D eigenvalue weighted by Crippen LogP contribution is 2.29. The van der Waals surface area contributed by atoms with Crippen LogP contribution in [0.3, 0.4) is 0 Å². The molecule has 6 heteroatoms. The largest absolute Gasteiger partial charge is 0.379 e. The van der Waals surface area contributed by atoms with Crippen molar-refractivity contribution in [2.75, 3.05) is 50.0 Å². The molecule has 2 heterocycles. The van der Waals surface area contributed by atoms with Gasteiger partial charge in [0.15, 0.2) is 0 Å². The molecule has 150 valence electrons. The molecule has 0 radical (unpaired) electrons. The van der Waals surface area contributed by atoms with Crippen molar-refractivity contribution >= 4 is 17.4 Å². The number of rotatable bonds is 6. The summed E-state index contributed by atoms with van der Waals surface area (Å²) in [7, 11) is 0. The molecule has 1 amide bonds. The van der Waals surface area contributed by atoms with Crippen LogP contribution >= 0.6 is 0 Å². The number of hydrogen-bond donors (Lipinski definition) is 2. The third kappa shape index (κ3) is 5.53. The lowest BCUT2D eigenvalue weighted by Crippen LogP contribution is -2.39. The summed E-state index contributed by atoms with van der Waals surface area (Å²) in [6.45, 7) is 11.7. The normalized spacial score (nSPS) is 15.2. The second-order valence-electron chi connectivity index (χ2n) is 8.06. The number of amides is 1. The first-order chi connectivity index (χ1) is 13.4. The molecule has 1 saturated heterocycles. The Balaban J connectivity index is 1.55. The van der Waals surface area contributed by atoms with Crippen molar-refractivity contribution in [3.05, 3.63) is 53.7 Å². The summed E-state index contributed by atoms with van der Waals surface area (Å²) in [5, 5.41) is 6.33. The number of aromatic nitrogens is 1. The third-order valence-electron chi connectivity index (χ3n) is 4.85. The fourth-order valence-electron chi connectivity index (χ4n) is 3.24. The van der Waals surface area contributed by atoms with Gasteiger partial charge in [-0.05, 0) is 29.2 Å². The van der Waals surface area contributed by atoms with Crippen LogP contribution in [-0.2, 0) is 10.2 Å². The lowest BCUT2D eigenvalue weighted by Gasteiger charge is -2.26. The number of ether oxygens (including phenoxy) is 1. The van der Waals surface area contributed by atoms with E-state index in [2.05, 4.69) is 47.4 Å². The zero-order valence-electron chi connectivity index (χ0n) is 17.0. The molecule has 2 aromatic rings. The quantitative estimate of drug-likeness (QED) is 0.802. The van der Waals surface area contributed by atoms with Crippen LogP contribution in [0.15, 0.2) is 42.6 Å². The van der Waals surface area contributed by atoms with Crippen molar-refractivity contribution < 1.29 is 9.53 Å². The van der Waals surface area contributed by atoms with E-state index in [0.29, 0.717) is 5.56 Å². The molecule has 1 aromatic heterocycles. The van der Waals surface area contributed by atoms with Gasteiger partial charge in [0, 0.05) is 38.1 Å². The topological polar surface area (TPSA) is 66.5 Å². The van der Waals surface area contributed by atoms with Gasteiger partial charge in [0.2, 0.25) is 0 Å². The molecule has 0 aliphatic carbocycles. The van der Waals surface area contributed by atoms with Crippen molar-refractivity contribution in [1.82, 2.24) is 9.88 Å². The van der Waals surface area contributed by atoms with E-state index in [4.69, 9.17) is 4.74 Å². The molecule has 1 aromatic carbocycles. The lowest BCUT2D eigenvalue weighted by molar-refractivity contribution is 0.0398. The van der Waals surface area contributed by atoms with Crippen molar-refractivity contribution in [3.63, 3.8) is 0 Å². The number of carbonyl (C=O) groups is 1. The zero-order chi connectivity index (χ0) is 20.0. The molecule has 0 unspecified atom stereocenters. The van der Waals surface area contributed by atoms with Crippen LogP contribution in [0.25, 0.3) is 0 Å². The summed E-state index contributed by atoms with van der Waals surface area (Å²) in [5.41, 5.74) is 2.45. The van der Waals surface area contributed by atoms with E-state index in [9.17, 15) is 4.79 Å². The predicted octanol–water partition coefficient (Wildman–Crippen LogP) is 3.38. The number of nitrogens with zero attached hydrogens (tertiary/aromatic N) is 2. The van der Waals surface area contributed by atoms with E-state index in [-0.39, 0.29) is 11.3 Å². The zero-order valence-corrected chi connectivity index (χ0v) is 17.0. The highest BCUT2D eigenvalue weighted by molar-refractivity contribution is 6.04. The minimum absolute atomic E-state index is 0.0453. The van der Waals surface area contributed by atoms with E-state index in [1.165, 1.54) is 0 Å². The third-order valence-corrected chi connectivity index (χ3v) is 4.85. The monoisotopic (exact) mass is 382 g/mol. The smallest absolute Gasteiger partial charge is 0.257 e. The Morgan fingerprint density at radius 1 is 1.14 bits per heavy atom. The van der Waals surface area contributed by atoms with Gasteiger partial charge in [0.25, 0.3) is 5.91 Å². The summed E-state index contributed by atoms with van der Waals surface area (Å²) in [6, 6.07) is 11.6. The average molecular weight is 383 g/mol. The summed E-state index contributed by atoms with van der Waals surface area (Å²) in [5.74, 6) is 0.629. The fourth-order valence-corrected chi connectivity index (χ4v) is 3.24. The molecule has 28 heavy (non-hydrogen) atoms. The number of morpholine rings is 1. The summed E-state index contributed by atoms with van der Waals surface area (Å²) >= 11 is 0. The molecule has 1 aliphatic rings. The maximum atomic E-state index is 12.6. The number of para-hydroxylation sites is 1. The van der Waals surface area contributed by atoms with Gasteiger partial charge in [-0.15, -0.1) is 0 Å². The van der Waals surface area contributed by atoms with Gasteiger partial charge in [-0.1, -0.05) is 39.0 Å². The number of anilines is 2. The van der Waals surface area contributed by atoms with Gasteiger partial charge in [0.1, 0.15) is 5.82 Å². The van der Waals surface area contributed by atoms with Gasteiger partial charge in [-0.25, -0.2) is 4.98 Å². The minimum atomic E-state index is -0.149. The van der Waals surface area contributed by atoms with Crippen LogP contribution < -0.4 is 10.6 Å². The Morgan fingerprint density at radius 2 is 1.89 bits per heavy atom. The molecule has 3 rings (SSSR count).